The first-order valence-electron chi connectivity index (χ1n) is 10.9. The van der Waals surface area contributed by atoms with Crippen LogP contribution in [-0.2, 0) is 15.7 Å². The smallest absolute Gasteiger partial charge is 0.416 e. The number of carbonyl (C=O) groups excluding carboxylic acids is 1. The third-order valence-electron chi connectivity index (χ3n) is 5.04. The van der Waals surface area contributed by atoms with Gasteiger partial charge in [0.05, 0.1) is 23.3 Å². The van der Waals surface area contributed by atoms with Gasteiger partial charge in [-0.3, -0.25) is 4.79 Å². The summed E-state index contributed by atoms with van der Waals surface area (Å²) in [5, 5.41) is 7.18. The molecule has 0 atom stereocenters. The first kappa shape index (κ1) is 26.5. The zero-order valence-corrected chi connectivity index (χ0v) is 20.3. The quantitative estimate of drug-likeness (QED) is 0.285. The zero-order valence-electron chi connectivity index (χ0n) is 19.5. The Morgan fingerprint density at radius 1 is 1.06 bits per heavy atom. The van der Waals surface area contributed by atoms with Gasteiger partial charge in [-0.05, 0) is 57.2 Å². The lowest BCUT2D eigenvalue weighted by atomic mass is 9.95. The van der Waals surface area contributed by atoms with Crippen LogP contribution in [0, 0.1) is 5.41 Å². The summed E-state index contributed by atoms with van der Waals surface area (Å²) in [6.45, 7) is 6.43. The summed E-state index contributed by atoms with van der Waals surface area (Å²) in [6, 6.07) is 11.5. The third-order valence-corrected chi connectivity index (χ3v) is 5.71. The summed E-state index contributed by atoms with van der Waals surface area (Å²) in [5.41, 5.74) is 0.0464. The number of amides is 1. The molecule has 1 heterocycles. The fraction of sp³-hybridized carbons (Fsp3) is 0.375. The van der Waals surface area contributed by atoms with Gasteiger partial charge < -0.3 is 14.8 Å². The number of hydrogen-bond donors (Lipinski definition) is 1. The molecule has 3 rings (SSSR count). The van der Waals surface area contributed by atoms with Gasteiger partial charge in [-0.15, -0.1) is 16.7 Å². The number of benzene rings is 2. The maximum Gasteiger partial charge on any atom is 0.416 e. The molecular weight excluding hydrogens is 485 g/mol. The van der Waals surface area contributed by atoms with Crippen LogP contribution in [0.5, 0.6) is 6.01 Å². The molecule has 0 fully saturated rings. The van der Waals surface area contributed by atoms with Crippen LogP contribution in [0.15, 0.2) is 48.5 Å². The van der Waals surface area contributed by atoms with Crippen LogP contribution < -0.4 is 10.1 Å². The molecule has 2 aromatic carbocycles. The molecule has 11 heteroatoms. The number of nitrogens with one attached hydrogen (secondary N) is 1. The summed E-state index contributed by atoms with van der Waals surface area (Å²) in [5.74, 6) is 0.236. The van der Waals surface area contributed by atoms with Crippen LogP contribution >= 0.6 is 11.6 Å². The van der Waals surface area contributed by atoms with Crippen LogP contribution in [0.3, 0.4) is 0 Å². The van der Waals surface area contributed by atoms with Gasteiger partial charge in [0.1, 0.15) is 6.61 Å². The molecule has 0 radical (unpaired) electrons. The lowest BCUT2D eigenvalue weighted by Gasteiger charge is -2.20. The topological polar surface area (TPSA) is 78.3 Å². The number of halogens is 4. The maximum atomic E-state index is 13.0. The highest BCUT2D eigenvalue weighted by atomic mass is 35.5. The number of carbonyl (C=O) groups is 1. The highest BCUT2D eigenvalue weighted by molar-refractivity contribution is 6.20. The van der Waals surface area contributed by atoms with Gasteiger partial charge in [0.15, 0.2) is 5.82 Å². The maximum absolute atomic E-state index is 13.0. The summed E-state index contributed by atoms with van der Waals surface area (Å²) in [4.78, 5) is 16.7. The summed E-state index contributed by atoms with van der Waals surface area (Å²) in [7, 11) is 0. The third kappa shape index (κ3) is 6.73. The van der Waals surface area contributed by atoms with E-state index in [1.54, 1.807) is 38.1 Å². The molecule has 0 bridgehead atoms. The Hall–Kier alpha value is -3.11. The molecule has 1 amide bonds. The van der Waals surface area contributed by atoms with Gasteiger partial charge in [-0.1, -0.05) is 12.1 Å². The predicted molar refractivity (Wildman–Crippen MR) is 127 cm³/mol. The van der Waals surface area contributed by atoms with Crippen molar-refractivity contribution in [3.63, 3.8) is 0 Å². The van der Waals surface area contributed by atoms with Gasteiger partial charge in [-0.2, -0.15) is 18.2 Å². The van der Waals surface area contributed by atoms with Crippen LogP contribution in [-0.4, -0.2) is 46.4 Å². The van der Waals surface area contributed by atoms with Crippen molar-refractivity contribution in [2.45, 2.75) is 26.9 Å². The van der Waals surface area contributed by atoms with Crippen molar-refractivity contribution in [2.75, 3.05) is 31.0 Å². The van der Waals surface area contributed by atoms with Crippen molar-refractivity contribution in [1.29, 1.82) is 0 Å². The number of anilines is 1. The first-order valence-corrected chi connectivity index (χ1v) is 11.4. The number of alkyl halides is 4. The van der Waals surface area contributed by atoms with Crippen molar-refractivity contribution in [1.82, 2.24) is 14.8 Å². The summed E-state index contributed by atoms with van der Waals surface area (Å²) in [6.07, 6.45) is -4.45. The van der Waals surface area contributed by atoms with E-state index in [9.17, 15) is 18.0 Å². The molecule has 1 N–H and O–H groups in total. The van der Waals surface area contributed by atoms with Crippen molar-refractivity contribution in [2.24, 2.45) is 5.41 Å². The monoisotopic (exact) mass is 510 g/mol. The molecule has 0 spiro atoms. The fourth-order valence-corrected chi connectivity index (χ4v) is 3.03. The van der Waals surface area contributed by atoms with E-state index in [1.165, 1.54) is 16.8 Å². The molecule has 0 aliphatic carbocycles. The van der Waals surface area contributed by atoms with Crippen molar-refractivity contribution in [3.8, 4) is 23.1 Å². The number of ether oxygens (including phenoxy) is 2. The molecule has 35 heavy (non-hydrogen) atoms. The van der Waals surface area contributed by atoms with Crippen molar-refractivity contribution >= 4 is 23.2 Å². The number of rotatable bonds is 10. The van der Waals surface area contributed by atoms with Crippen LogP contribution in [0.2, 0.25) is 0 Å². The Balaban J connectivity index is 1.90. The van der Waals surface area contributed by atoms with Crippen LogP contribution in [0.25, 0.3) is 17.1 Å². The van der Waals surface area contributed by atoms with Crippen LogP contribution in [0.4, 0.5) is 18.9 Å². The molecule has 0 saturated heterocycles. The lowest BCUT2D eigenvalue weighted by molar-refractivity contribution is -0.137. The number of hydrogen-bond acceptors (Lipinski definition) is 5. The van der Waals surface area contributed by atoms with E-state index in [-0.39, 0.29) is 24.4 Å². The Bertz CT molecular complexity index is 1130. The molecule has 1 aromatic heterocycles. The fourth-order valence-electron chi connectivity index (χ4n) is 2.91. The Morgan fingerprint density at radius 3 is 2.29 bits per heavy atom. The summed E-state index contributed by atoms with van der Waals surface area (Å²) >= 11 is 5.86. The van der Waals surface area contributed by atoms with Gasteiger partial charge in [0, 0.05) is 23.7 Å². The minimum Gasteiger partial charge on any atom is -0.460 e. The largest absolute Gasteiger partial charge is 0.460 e. The van der Waals surface area contributed by atoms with Gasteiger partial charge in [-0.25, -0.2) is 4.68 Å². The molecule has 0 saturated carbocycles. The van der Waals surface area contributed by atoms with E-state index >= 15 is 0 Å². The van der Waals surface area contributed by atoms with E-state index in [0.29, 0.717) is 36.0 Å². The minimum absolute atomic E-state index is 0.0563. The minimum atomic E-state index is -4.45. The number of nitrogens with zero attached hydrogens (tertiary/aromatic N) is 3. The Kier molecular flexibility index (Phi) is 8.39. The SMILES string of the molecule is CCOCCOc1nc(-c2ccc(C(F)(F)F)cc2)n(-c2ccc(NC(=O)C(C)(C)CCl)cc2)n1. The van der Waals surface area contributed by atoms with Gasteiger partial charge in [0.25, 0.3) is 0 Å². The molecule has 3 aromatic rings. The molecule has 0 unspecified atom stereocenters. The van der Waals surface area contributed by atoms with E-state index in [4.69, 9.17) is 21.1 Å². The van der Waals surface area contributed by atoms with Crippen LogP contribution in [0.1, 0.15) is 26.3 Å². The molecule has 0 aliphatic rings. The van der Waals surface area contributed by atoms with E-state index in [2.05, 4.69) is 15.4 Å². The lowest BCUT2D eigenvalue weighted by Crippen LogP contribution is -2.32. The second kappa shape index (κ2) is 11.1. The zero-order chi connectivity index (χ0) is 25.6. The highest BCUT2D eigenvalue weighted by Crippen LogP contribution is 2.32. The highest BCUT2D eigenvalue weighted by Gasteiger charge is 2.30. The van der Waals surface area contributed by atoms with Gasteiger partial charge in [0.2, 0.25) is 5.91 Å². The van der Waals surface area contributed by atoms with Crippen molar-refractivity contribution < 1.29 is 27.4 Å². The number of aromatic nitrogens is 3. The Morgan fingerprint density at radius 2 is 1.71 bits per heavy atom. The summed E-state index contributed by atoms with van der Waals surface area (Å²) < 4.78 is 51.3. The second-order valence-electron chi connectivity index (χ2n) is 8.27. The van der Waals surface area contributed by atoms with E-state index < -0.39 is 17.2 Å². The van der Waals surface area contributed by atoms with Gasteiger partial charge >= 0.3 is 12.2 Å². The van der Waals surface area contributed by atoms with Crippen molar-refractivity contribution in [3.05, 3.63) is 54.1 Å². The molecule has 7 nitrogen and oxygen atoms in total. The molecular formula is C24H26ClF3N4O3. The standard InChI is InChI=1S/C24H26ClF3N4O3/c1-4-34-13-14-35-22-30-20(16-5-7-17(8-6-16)24(26,27)28)32(31-22)19-11-9-18(10-12-19)29-21(33)23(2,3)15-25/h5-12H,4,13-15H2,1-3H3,(H,29,33). The average molecular weight is 511 g/mol. The molecule has 0 aliphatic heterocycles. The Labute approximate surface area is 206 Å². The molecule has 188 valence electrons. The normalized spacial score (nSPS) is 12.0. The predicted octanol–water partition coefficient (Wildman–Crippen LogP) is 5.57. The average Bonchev–Trinajstić information content (AvgIpc) is 3.26. The first-order chi connectivity index (χ1) is 16.5. The second-order valence-corrected chi connectivity index (χ2v) is 8.54. The van der Waals surface area contributed by atoms with E-state index in [0.717, 1.165) is 12.1 Å². The van der Waals surface area contributed by atoms with E-state index in [1.807, 2.05) is 6.92 Å².